The summed E-state index contributed by atoms with van der Waals surface area (Å²) in [6, 6.07) is 3.60. The summed E-state index contributed by atoms with van der Waals surface area (Å²) < 4.78 is 0. The molecule has 1 aromatic rings. The number of nitrogens with two attached hydrogens (primary N) is 1. The van der Waals surface area contributed by atoms with Crippen LogP contribution in [-0.2, 0) is 0 Å². The molecule has 1 heterocycles. The van der Waals surface area contributed by atoms with Crippen LogP contribution >= 0.6 is 0 Å². The van der Waals surface area contributed by atoms with Crippen molar-refractivity contribution in [2.75, 3.05) is 0 Å². The first-order valence-corrected chi connectivity index (χ1v) is 3.35. The lowest BCUT2D eigenvalue weighted by molar-refractivity contribution is 0.808. The Bertz CT molecular complexity index is 286. The van der Waals surface area contributed by atoms with Gasteiger partial charge in [-0.1, -0.05) is 0 Å². The number of rotatable bonds is 1. The van der Waals surface area contributed by atoms with Gasteiger partial charge >= 0.3 is 0 Å². The Labute approximate surface area is 65.5 Å². The number of aromatic nitrogens is 1. The molecule has 1 rings (SSSR count). The summed E-state index contributed by atoms with van der Waals surface area (Å²) in [5, 5.41) is 8.63. The normalized spacial score (nSPS) is 12.1. The lowest BCUT2D eigenvalue weighted by Gasteiger charge is -2.04. The first-order valence-electron chi connectivity index (χ1n) is 3.35. The smallest absolute Gasteiger partial charge is 0.0996 e. The summed E-state index contributed by atoms with van der Waals surface area (Å²) in [4.78, 5) is 3.88. The van der Waals surface area contributed by atoms with Crippen molar-refractivity contribution in [3.63, 3.8) is 0 Å². The number of nitriles is 1. The molecular formula is C8H9N3. The maximum absolute atomic E-state index is 8.63. The monoisotopic (exact) mass is 147 g/mol. The van der Waals surface area contributed by atoms with E-state index in [0.717, 1.165) is 5.56 Å². The van der Waals surface area contributed by atoms with Crippen molar-refractivity contribution in [1.29, 1.82) is 5.26 Å². The van der Waals surface area contributed by atoms with Gasteiger partial charge in [0.25, 0.3) is 0 Å². The summed E-state index contributed by atoms with van der Waals surface area (Å²) in [6.45, 7) is 1.83. The zero-order chi connectivity index (χ0) is 8.27. The van der Waals surface area contributed by atoms with Crippen LogP contribution in [0, 0.1) is 11.3 Å². The van der Waals surface area contributed by atoms with Gasteiger partial charge in [-0.05, 0) is 13.0 Å². The number of pyridine rings is 1. The molecule has 0 radical (unpaired) electrons. The SMILES string of the molecule is C[C@H](N)c1cnccc1C#N. The third-order valence-corrected chi connectivity index (χ3v) is 1.46. The van der Waals surface area contributed by atoms with Crippen LogP contribution in [0.1, 0.15) is 24.1 Å². The highest BCUT2D eigenvalue weighted by Crippen LogP contribution is 2.12. The summed E-state index contributed by atoms with van der Waals surface area (Å²) in [6.07, 6.45) is 3.22. The summed E-state index contributed by atoms with van der Waals surface area (Å²) in [5.74, 6) is 0. The van der Waals surface area contributed by atoms with Gasteiger partial charge in [0.05, 0.1) is 11.6 Å². The molecule has 2 N–H and O–H groups in total. The van der Waals surface area contributed by atoms with Crippen molar-refractivity contribution >= 4 is 0 Å². The molecule has 0 aromatic carbocycles. The molecule has 56 valence electrons. The molecule has 1 aromatic heterocycles. The Morgan fingerprint density at radius 1 is 1.73 bits per heavy atom. The van der Waals surface area contributed by atoms with E-state index in [2.05, 4.69) is 11.1 Å². The lowest BCUT2D eigenvalue weighted by atomic mass is 10.1. The highest BCUT2D eigenvalue weighted by atomic mass is 14.7. The second-order valence-electron chi connectivity index (χ2n) is 2.36. The predicted molar refractivity (Wildman–Crippen MR) is 41.6 cm³/mol. The van der Waals surface area contributed by atoms with Crippen LogP contribution in [0.4, 0.5) is 0 Å². The van der Waals surface area contributed by atoms with Gasteiger partial charge in [0.2, 0.25) is 0 Å². The molecule has 0 aliphatic heterocycles. The zero-order valence-corrected chi connectivity index (χ0v) is 6.28. The second-order valence-corrected chi connectivity index (χ2v) is 2.36. The molecule has 11 heavy (non-hydrogen) atoms. The molecule has 1 atom stereocenters. The van der Waals surface area contributed by atoms with Crippen LogP contribution in [0.25, 0.3) is 0 Å². The standard InChI is InChI=1S/C8H9N3/c1-6(10)8-5-11-3-2-7(8)4-9/h2-3,5-6H,10H2,1H3/t6-/m0/s1. The fourth-order valence-electron chi connectivity index (χ4n) is 0.871. The van der Waals surface area contributed by atoms with Gasteiger partial charge in [0, 0.05) is 24.0 Å². The van der Waals surface area contributed by atoms with Crippen LogP contribution in [0.5, 0.6) is 0 Å². The lowest BCUT2D eigenvalue weighted by Crippen LogP contribution is -2.07. The number of hydrogen-bond acceptors (Lipinski definition) is 3. The van der Waals surface area contributed by atoms with E-state index in [1.54, 1.807) is 18.5 Å². The third kappa shape index (κ3) is 1.54. The van der Waals surface area contributed by atoms with Crippen LogP contribution in [0.3, 0.4) is 0 Å². The predicted octanol–water partition coefficient (Wildman–Crippen LogP) is 0.973. The molecular weight excluding hydrogens is 138 g/mol. The minimum absolute atomic E-state index is 0.127. The van der Waals surface area contributed by atoms with Gasteiger partial charge in [-0.15, -0.1) is 0 Å². The van der Waals surface area contributed by atoms with Gasteiger partial charge in [0.1, 0.15) is 0 Å². The maximum Gasteiger partial charge on any atom is 0.0996 e. The van der Waals surface area contributed by atoms with Gasteiger partial charge in [0.15, 0.2) is 0 Å². The second kappa shape index (κ2) is 3.13. The molecule has 0 bridgehead atoms. The summed E-state index contributed by atoms with van der Waals surface area (Å²) in [5.41, 5.74) is 7.01. The van der Waals surface area contributed by atoms with Crippen LogP contribution in [0.2, 0.25) is 0 Å². The van der Waals surface area contributed by atoms with Gasteiger partial charge in [-0.2, -0.15) is 5.26 Å². The van der Waals surface area contributed by atoms with Gasteiger partial charge < -0.3 is 5.73 Å². The highest BCUT2D eigenvalue weighted by Gasteiger charge is 2.04. The molecule has 0 unspecified atom stereocenters. The Balaban J connectivity index is 3.15. The maximum atomic E-state index is 8.63. The molecule has 3 heteroatoms. The van der Waals surface area contributed by atoms with Gasteiger partial charge in [-0.3, -0.25) is 4.98 Å². The van der Waals surface area contributed by atoms with E-state index >= 15 is 0 Å². The third-order valence-electron chi connectivity index (χ3n) is 1.46. The Kier molecular flexibility index (Phi) is 2.19. The first-order chi connectivity index (χ1) is 5.25. The van der Waals surface area contributed by atoms with Crippen molar-refractivity contribution in [2.45, 2.75) is 13.0 Å². The topological polar surface area (TPSA) is 62.7 Å². The average Bonchev–Trinajstić information content (AvgIpc) is 2.04. The van der Waals surface area contributed by atoms with Crippen molar-refractivity contribution in [1.82, 2.24) is 4.98 Å². The molecule has 0 fully saturated rings. The fraction of sp³-hybridized carbons (Fsp3) is 0.250. The van der Waals surface area contributed by atoms with Crippen LogP contribution in [-0.4, -0.2) is 4.98 Å². The minimum Gasteiger partial charge on any atom is -0.324 e. The van der Waals surface area contributed by atoms with E-state index < -0.39 is 0 Å². The van der Waals surface area contributed by atoms with E-state index in [0.29, 0.717) is 5.56 Å². The van der Waals surface area contributed by atoms with Crippen molar-refractivity contribution < 1.29 is 0 Å². The number of nitrogens with zero attached hydrogens (tertiary/aromatic N) is 2. The zero-order valence-electron chi connectivity index (χ0n) is 6.28. The van der Waals surface area contributed by atoms with Crippen molar-refractivity contribution in [3.8, 4) is 6.07 Å². The van der Waals surface area contributed by atoms with E-state index in [1.165, 1.54) is 0 Å². The Hall–Kier alpha value is -1.40. The van der Waals surface area contributed by atoms with E-state index in [1.807, 2.05) is 6.92 Å². The highest BCUT2D eigenvalue weighted by molar-refractivity contribution is 5.36. The van der Waals surface area contributed by atoms with Crippen LogP contribution in [0.15, 0.2) is 18.5 Å². The van der Waals surface area contributed by atoms with Crippen LogP contribution < -0.4 is 5.73 Å². The fourth-order valence-corrected chi connectivity index (χ4v) is 0.871. The minimum atomic E-state index is -0.127. The van der Waals surface area contributed by atoms with E-state index in [-0.39, 0.29) is 6.04 Å². The summed E-state index contributed by atoms with van der Waals surface area (Å²) in [7, 11) is 0. The quantitative estimate of drug-likeness (QED) is 0.643. The van der Waals surface area contributed by atoms with Crippen molar-refractivity contribution in [3.05, 3.63) is 29.6 Å². The molecule has 0 saturated carbocycles. The first kappa shape index (κ1) is 7.70. The van der Waals surface area contributed by atoms with E-state index in [4.69, 9.17) is 11.0 Å². The molecule has 0 amide bonds. The average molecular weight is 147 g/mol. The molecule has 3 nitrogen and oxygen atoms in total. The largest absolute Gasteiger partial charge is 0.324 e. The van der Waals surface area contributed by atoms with E-state index in [9.17, 15) is 0 Å². The number of hydrogen-bond donors (Lipinski definition) is 1. The van der Waals surface area contributed by atoms with Gasteiger partial charge in [-0.25, -0.2) is 0 Å². The molecule has 0 aliphatic carbocycles. The molecule has 0 saturated heterocycles. The Morgan fingerprint density at radius 3 is 2.91 bits per heavy atom. The van der Waals surface area contributed by atoms with Crippen molar-refractivity contribution in [2.24, 2.45) is 5.73 Å². The Morgan fingerprint density at radius 2 is 2.45 bits per heavy atom. The molecule has 0 aliphatic rings. The summed E-state index contributed by atoms with van der Waals surface area (Å²) >= 11 is 0. The molecule has 0 spiro atoms.